The van der Waals surface area contributed by atoms with Gasteiger partial charge in [-0.05, 0) is 49.5 Å². The van der Waals surface area contributed by atoms with Crippen LogP contribution >= 0.6 is 11.6 Å². The van der Waals surface area contributed by atoms with Crippen molar-refractivity contribution < 1.29 is 4.39 Å². The summed E-state index contributed by atoms with van der Waals surface area (Å²) >= 11 is 6.03. The second-order valence-corrected chi connectivity index (χ2v) is 9.24. The largest absolute Gasteiger partial charge is 0.325 e. The highest BCUT2D eigenvalue weighted by Crippen LogP contribution is 2.31. The normalized spacial score (nSPS) is 15.8. The summed E-state index contributed by atoms with van der Waals surface area (Å²) in [4.78, 5) is 14.1. The number of fused-ring (bicyclic) bond motifs is 1. The van der Waals surface area contributed by atoms with Gasteiger partial charge in [0.25, 0.3) is 0 Å². The smallest absolute Gasteiger partial charge is 0.209 e. The first-order chi connectivity index (χ1) is 13.8. The molecule has 1 aliphatic heterocycles. The number of aromatic nitrogens is 4. The zero-order valence-corrected chi connectivity index (χ0v) is 17.7. The van der Waals surface area contributed by atoms with Crippen molar-refractivity contribution in [1.29, 1.82) is 0 Å². The van der Waals surface area contributed by atoms with Gasteiger partial charge in [0.2, 0.25) is 5.95 Å². The van der Waals surface area contributed by atoms with Gasteiger partial charge in [-0.1, -0.05) is 32.4 Å². The molecule has 3 aromatic rings. The molecule has 0 unspecified atom stereocenters. The lowest BCUT2D eigenvalue weighted by molar-refractivity contribution is 0.375. The van der Waals surface area contributed by atoms with Crippen molar-refractivity contribution in [3.8, 4) is 0 Å². The number of halogens is 2. The Hall–Kier alpha value is -2.25. The fourth-order valence-electron chi connectivity index (χ4n) is 3.74. The Balaban J connectivity index is 1.79. The zero-order valence-electron chi connectivity index (χ0n) is 17.0. The molecule has 0 atom stereocenters. The molecule has 2 N–H and O–H groups in total. The van der Waals surface area contributed by atoms with Crippen LogP contribution in [0.15, 0.2) is 24.4 Å². The Morgan fingerprint density at radius 2 is 1.97 bits per heavy atom. The summed E-state index contributed by atoms with van der Waals surface area (Å²) in [7, 11) is 0. The second kappa shape index (κ2) is 7.88. The Labute approximate surface area is 174 Å². The van der Waals surface area contributed by atoms with Gasteiger partial charge >= 0.3 is 0 Å². The third kappa shape index (κ3) is 4.67. The minimum Gasteiger partial charge on any atom is -0.325 e. The van der Waals surface area contributed by atoms with Crippen LogP contribution in [0, 0.1) is 11.2 Å². The highest BCUT2D eigenvalue weighted by Gasteiger charge is 2.24. The van der Waals surface area contributed by atoms with E-state index in [4.69, 9.17) is 21.6 Å². The van der Waals surface area contributed by atoms with Crippen molar-refractivity contribution in [3.63, 3.8) is 0 Å². The number of nitrogens with zero attached hydrogens (tertiary/aromatic N) is 4. The van der Waals surface area contributed by atoms with Gasteiger partial charge in [0, 0.05) is 23.2 Å². The number of imidazole rings is 1. The molecule has 1 aromatic carbocycles. The molecule has 29 heavy (non-hydrogen) atoms. The summed E-state index contributed by atoms with van der Waals surface area (Å²) in [6.07, 6.45) is 4.51. The highest BCUT2D eigenvalue weighted by molar-refractivity contribution is 6.30. The molecule has 6 nitrogen and oxygen atoms in total. The standard InChI is InChI=1S/C21H26ClFN6/c1-21(2,3)11-18-25-12-17-19(28-18)29(16-4-6-24-7-5-16)20(27-17)26-15-9-13(22)8-14(23)10-15/h8-10,12,16,24H,4-7,11H2,1-3H3,(H,26,27). The van der Waals surface area contributed by atoms with Crippen molar-refractivity contribution in [2.45, 2.75) is 46.1 Å². The van der Waals surface area contributed by atoms with E-state index in [1.807, 2.05) is 0 Å². The van der Waals surface area contributed by atoms with Crippen LogP contribution in [0.25, 0.3) is 11.2 Å². The first-order valence-corrected chi connectivity index (χ1v) is 10.3. The quantitative estimate of drug-likeness (QED) is 0.634. The van der Waals surface area contributed by atoms with Crippen molar-refractivity contribution in [2.24, 2.45) is 5.41 Å². The van der Waals surface area contributed by atoms with Crippen molar-refractivity contribution in [2.75, 3.05) is 18.4 Å². The molecule has 0 spiro atoms. The third-order valence-corrected chi connectivity index (χ3v) is 5.18. The van der Waals surface area contributed by atoms with Gasteiger partial charge in [0.15, 0.2) is 5.65 Å². The number of piperidine rings is 1. The monoisotopic (exact) mass is 416 g/mol. The van der Waals surface area contributed by atoms with Gasteiger partial charge in [-0.25, -0.2) is 19.3 Å². The van der Waals surface area contributed by atoms with E-state index in [1.54, 1.807) is 12.3 Å². The molecule has 8 heteroatoms. The van der Waals surface area contributed by atoms with E-state index in [-0.39, 0.29) is 11.5 Å². The van der Waals surface area contributed by atoms with Gasteiger partial charge < -0.3 is 10.6 Å². The van der Waals surface area contributed by atoms with Crippen LogP contribution in [-0.4, -0.2) is 32.6 Å². The van der Waals surface area contributed by atoms with E-state index in [0.717, 1.165) is 49.3 Å². The molecule has 4 rings (SSSR count). The zero-order chi connectivity index (χ0) is 20.6. The van der Waals surface area contributed by atoms with Gasteiger partial charge in [0.05, 0.1) is 6.20 Å². The molecule has 0 radical (unpaired) electrons. The third-order valence-electron chi connectivity index (χ3n) is 4.96. The molecule has 154 valence electrons. The molecule has 2 aromatic heterocycles. The predicted molar refractivity (Wildman–Crippen MR) is 114 cm³/mol. The first-order valence-electron chi connectivity index (χ1n) is 9.96. The van der Waals surface area contributed by atoms with E-state index < -0.39 is 5.82 Å². The first kappa shape index (κ1) is 20.0. The highest BCUT2D eigenvalue weighted by atomic mass is 35.5. The minimum absolute atomic E-state index is 0.0900. The SMILES string of the molecule is CC(C)(C)Cc1ncc2nc(Nc3cc(F)cc(Cl)c3)n(C3CCNCC3)c2n1. The number of hydrogen-bond acceptors (Lipinski definition) is 5. The fraction of sp³-hybridized carbons (Fsp3) is 0.476. The molecular weight excluding hydrogens is 391 g/mol. The minimum atomic E-state index is -0.392. The maximum Gasteiger partial charge on any atom is 0.209 e. The maximum atomic E-state index is 13.8. The molecule has 0 aliphatic carbocycles. The average molecular weight is 417 g/mol. The topological polar surface area (TPSA) is 67.7 Å². The van der Waals surface area contributed by atoms with Crippen LogP contribution in [0.1, 0.15) is 45.5 Å². The van der Waals surface area contributed by atoms with E-state index in [1.165, 1.54) is 12.1 Å². The number of rotatable bonds is 4. The van der Waals surface area contributed by atoms with E-state index in [2.05, 4.69) is 41.0 Å². The van der Waals surface area contributed by atoms with Gasteiger partial charge in [-0.15, -0.1) is 0 Å². The van der Waals surface area contributed by atoms with Crippen LogP contribution in [0.4, 0.5) is 16.0 Å². The van der Waals surface area contributed by atoms with Crippen LogP contribution < -0.4 is 10.6 Å². The molecule has 0 amide bonds. The van der Waals surface area contributed by atoms with Crippen LogP contribution in [0.3, 0.4) is 0 Å². The summed E-state index contributed by atoms with van der Waals surface area (Å²) < 4.78 is 16.0. The molecule has 0 saturated carbocycles. The van der Waals surface area contributed by atoms with Gasteiger partial charge in [-0.3, -0.25) is 4.57 Å². The van der Waals surface area contributed by atoms with E-state index >= 15 is 0 Å². The Morgan fingerprint density at radius 3 is 2.66 bits per heavy atom. The summed E-state index contributed by atoms with van der Waals surface area (Å²) in [6.45, 7) is 8.40. The summed E-state index contributed by atoms with van der Waals surface area (Å²) in [5.41, 5.74) is 2.19. The van der Waals surface area contributed by atoms with Crippen molar-refractivity contribution in [1.82, 2.24) is 24.8 Å². The summed E-state index contributed by atoms with van der Waals surface area (Å²) in [6, 6.07) is 4.64. The molecule has 1 aliphatic rings. The van der Waals surface area contributed by atoms with Crippen LogP contribution in [0.5, 0.6) is 0 Å². The maximum absolute atomic E-state index is 13.8. The molecule has 1 fully saturated rings. The predicted octanol–water partition coefficient (Wildman–Crippen LogP) is 4.88. The Bertz CT molecular complexity index is 1000. The fourth-order valence-corrected chi connectivity index (χ4v) is 3.96. The van der Waals surface area contributed by atoms with Crippen LogP contribution in [-0.2, 0) is 6.42 Å². The lowest BCUT2D eigenvalue weighted by Gasteiger charge is -2.26. The molecule has 3 heterocycles. The van der Waals surface area contributed by atoms with E-state index in [9.17, 15) is 4.39 Å². The number of hydrogen-bond donors (Lipinski definition) is 2. The van der Waals surface area contributed by atoms with Gasteiger partial charge in [0.1, 0.15) is 17.2 Å². The van der Waals surface area contributed by atoms with Crippen molar-refractivity contribution >= 4 is 34.4 Å². The Morgan fingerprint density at radius 1 is 1.21 bits per heavy atom. The lowest BCUT2D eigenvalue weighted by atomic mass is 9.92. The number of anilines is 2. The molecule has 0 bridgehead atoms. The summed E-state index contributed by atoms with van der Waals surface area (Å²) in [5, 5.41) is 6.98. The van der Waals surface area contributed by atoms with E-state index in [0.29, 0.717) is 16.7 Å². The molecular formula is C21H26ClFN6. The average Bonchev–Trinajstić information content (AvgIpc) is 2.97. The lowest BCUT2D eigenvalue weighted by Crippen LogP contribution is -2.30. The van der Waals surface area contributed by atoms with Crippen LogP contribution in [0.2, 0.25) is 5.02 Å². The van der Waals surface area contributed by atoms with Crippen molar-refractivity contribution in [3.05, 3.63) is 41.1 Å². The number of nitrogens with one attached hydrogen (secondary N) is 2. The second-order valence-electron chi connectivity index (χ2n) is 8.80. The Kier molecular flexibility index (Phi) is 5.44. The summed E-state index contributed by atoms with van der Waals surface area (Å²) in [5.74, 6) is 1.05. The number of benzene rings is 1. The van der Waals surface area contributed by atoms with Gasteiger partial charge in [-0.2, -0.15) is 0 Å². The molecule has 1 saturated heterocycles.